The van der Waals surface area contributed by atoms with E-state index in [4.69, 9.17) is 0 Å². The maximum absolute atomic E-state index is 11.8. The molecule has 1 heterocycles. The normalized spacial score (nSPS) is 30.5. The van der Waals surface area contributed by atoms with E-state index in [0.717, 1.165) is 45.2 Å². The highest BCUT2D eigenvalue weighted by Gasteiger charge is 2.32. The van der Waals surface area contributed by atoms with Crippen molar-refractivity contribution in [1.82, 2.24) is 9.62 Å². The summed E-state index contributed by atoms with van der Waals surface area (Å²) in [5.74, 6) is 0.217. The highest BCUT2D eigenvalue weighted by molar-refractivity contribution is 7.89. The standard InChI is InChI=1S/C14H28N2O3S/c1-2-11-20(18,19)15-12-7-9-16(10-8-12)13-5-3-4-6-14(13)17/h12-15,17H,2-11H2,1H3. The van der Waals surface area contributed by atoms with Crippen molar-refractivity contribution in [2.24, 2.45) is 0 Å². The molecule has 1 saturated heterocycles. The molecule has 5 nitrogen and oxygen atoms in total. The first-order valence-corrected chi connectivity index (χ1v) is 9.59. The third-order valence-electron chi connectivity index (χ3n) is 4.51. The number of hydrogen-bond acceptors (Lipinski definition) is 4. The molecule has 2 rings (SSSR count). The second-order valence-electron chi connectivity index (χ2n) is 6.17. The molecular weight excluding hydrogens is 276 g/mol. The van der Waals surface area contributed by atoms with Crippen LogP contribution in [0, 0.1) is 0 Å². The third-order valence-corrected chi connectivity index (χ3v) is 6.15. The van der Waals surface area contributed by atoms with E-state index in [1.807, 2.05) is 6.92 Å². The first-order chi connectivity index (χ1) is 9.52. The van der Waals surface area contributed by atoms with Crippen LogP contribution in [0.2, 0.25) is 0 Å². The van der Waals surface area contributed by atoms with Crippen molar-refractivity contribution < 1.29 is 13.5 Å². The van der Waals surface area contributed by atoms with Crippen LogP contribution in [0.5, 0.6) is 0 Å². The van der Waals surface area contributed by atoms with Gasteiger partial charge in [-0.2, -0.15) is 0 Å². The molecule has 0 amide bonds. The van der Waals surface area contributed by atoms with Crippen LogP contribution in [0.4, 0.5) is 0 Å². The average molecular weight is 304 g/mol. The highest BCUT2D eigenvalue weighted by atomic mass is 32.2. The van der Waals surface area contributed by atoms with Gasteiger partial charge in [0, 0.05) is 25.2 Å². The molecule has 0 aromatic rings. The lowest BCUT2D eigenvalue weighted by Gasteiger charge is -2.41. The second kappa shape index (κ2) is 7.20. The molecule has 20 heavy (non-hydrogen) atoms. The third kappa shape index (κ3) is 4.41. The summed E-state index contributed by atoms with van der Waals surface area (Å²) in [6.07, 6.45) is 6.48. The maximum atomic E-state index is 11.8. The molecule has 1 saturated carbocycles. The predicted octanol–water partition coefficient (Wildman–Crippen LogP) is 1.08. The van der Waals surface area contributed by atoms with E-state index >= 15 is 0 Å². The van der Waals surface area contributed by atoms with E-state index in [1.54, 1.807) is 0 Å². The fourth-order valence-electron chi connectivity index (χ4n) is 3.45. The SMILES string of the molecule is CCCS(=O)(=O)NC1CCN(C2CCCCC2O)CC1. The lowest BCUT2D eigenvalue weighted by molar-refractivity contribution is 0.00831. The van der Waals surface area contributed by atoms with Crippen LogP contribution in [0.3, 0.4) is 0 Å². The van der Waals surface area contributed by atoms with Gasteiger partial charge < -0.3 is 5.11 Å². The van der Waals surface area contributed by atoms with Gasteiger partial charge in [-0.05, 0) is 32.1 Å². The van der Waals surface area contributed by atoms with Crippen LogP contribution < -0.4 is 4.72 Å². The van der Waals surface area contributed by atoms with E-state index in [-0.39, 0.29) is 23.9 Å². The lowest BCUT2D eigenvalue weighted by atomic mass is 9.90. The summed E-state index contributed by atoms with van der Waals surface area (Å²) in [5, 5.41) is 10.1. The van der Waals surface area contributed by atoms with Crippen LogP contribution in [0.15, 0.2) is 0 Å². The Labute approximate surface area is 122 Å². The summed E-state index contributed by atoms with van der Waals surface area (Å²) < 4.78 is 26.4. The Balaban J connectivity index is 1.80. The van der Waals surface area contributed by atoms with E-state index < -0.39 is 10.0 Å². The van der Waals surface area contributed by atoms with Crippen molar-refractivity contribution in [2.45, 2.75) is 70.1 Å². The van der Waals surface area contributed by atoms with E-state index in [2.05, 4.69) is 9.62 Å². The number of rotatable bonds is 5. The van der Waals surface area contributed by atoms with Gasteiger partial charge in [0.1, 0.15) is 0 Å². The van der Waals surface area contributed by atoms with E-state index in [0.29, 0.717) is 6.42 Å². The van der Waals surface area contributed by atoms with Gasteiger partial charge in [0.2, 0.25) is 10.0 Å². The lowest BCUT2D eigenvalue weighted by Crippen LogP contribution is -2.52. The Bertz CT molecular complexity index is 391. The van der Waals surface area contributed by atoms with Crippen molar-refractivity contribution >= 4 is 10.0 Å². The van der Waals surface area contributed by atoms with Crippen LogP contribution in [-0.2, 0) is 10.0 Å². The van der Waals surface area contributed by atoms with Gasteiger partial charge in [-0.1, -0.05) is 19.8 Å². The van der Waals surface area contributed by atoms with Crippen molar-refractivity contribution in [3.8, 4) is 0 Å². The van der Waals surface area contributed by atoms with Crippen LogP contribution in [0.25, 0.3) is 0 Å². The summed E-state index contributed by atoms with van der Waals surface area (Å²) in [5.41, 5.74) is 0. The molecule has 0 aromatic heterocycles. The molecule has 2 unspecified atom stereocenters. The Morgan fingerprint density at radius 2 is 1.80 bits per heavy atom. The molecule has 0 aromatic carbocycles. The minimum absolute atomic E-state index is 0.0727. The number of likely N-dealkylation sites (tertiary alicyclic amines) is 1. The fraction of sp³-hybridized carbons (Fsp3) is 1.00. The molecule has 2 fully saturated rings. The summed E-state index contributed by atoms with van der Waals surface area (Å²) in [4.78, 5) is 2.36. The second-order valence-corrected chi connectivity index (χ2v) is 8.04. The zero-order chi connectivity index (χ0) is 14.6. The predicted molar refractivity (Wildman–Crippen MR) is 80.1 cm³/mol. The summed E-state index contributed by atoms with van der Waals surface area (Å²) in [6, 6.07) is 0.362. The largest absolute Gasteiger partial charge is 0.391 e. The molecular formula is C14H28N2O3S. The summed E-state index contributed by atoms with van der Waals surface area (Å²) >= 11 is 0. The number of nitrogens with one attached hydrogen (secondary N) is 1. The Morgan fingerprint density at radius 1 is 1.15 bits per heavy atom. The van der Waals surface area contributed by atoms with Gasteiger partial charge in [-0.25, -0.2) is 13.1 Å². The van der Waals surface area contributed by atoms with Crippen LogP contribution >= 0.6 is 0 Å². The number of hydrogen-bond donors (Lipinski definition) is 2. The molecule has 6 heteroatoms. The maximum Gasteiger partial charge on any atom is 0.211 e. The quantitative estimate of drug-likeness (QED) is 0.797. The first kappa shape index (κ1) is 16.2. The number of aliphatic hydroxyl groups is 1. The molecule has 2 atom stereocenters. The number of sulfonamides is 1. The van der Waals surface area contributed by atoms with Crippen LogP contribution in [0.1, 0.15) is 51.9 Å². The zero-order valence-corrected chi connectivity index (χ0v) is 13.2. The number of nitrogens with zero attached hydrogens (tertiary/aromatic N) is 1. The Hall–Kier alpha value is -0.170. The zero-order valence-electron chi connectivity index (χ0n) is 12.4. The molecule has 2 aliphatic rings. The monoisotopic (exact) mass is 304 g/mol. The smallest absolute Gasteiger partial charge is 0.211 e. The molecule has 0 radical (unpaired) electrons. The van der Waals surface area contributed by atoms with E-state index in [9.17, 15) is 13.5 Å². The molecule has 2 N–H and O–H groups in total. The Morgan fingerprint density at radius 3 is 2.40 bits per heavy atom. The molecule has 118 valence electrons. The van der Waals surface area contributed by atoms with Gasteiger partial charge in [-0.3, -0.25) is 4.90 Å². The van der Waals surface area contributed by atoms with Crippen molar-refractivity contribution in [1.29, 1.82) is 0 Å². The average Bonchev–Trinajstić information content (AvgIpc) is 2.40. The molecule has 1 aliphatic heterocycles. The minimum atomic E-state index is -3.10. The van der Waals surface area contributed by atoms with Gasteiger partial charge >= 0.3 is 0 Å². The van der Waals surface area contributed by atoms with Gasteiger partial charge in [-0.15, -0.1) is 0 Å². The van der Waals surface area contributed by atoms with Crippen LogP contribution in [-0.4, -0.2) is 55.5 Å². The van der Waals surface area contributed by atoms with Gasteiger partial charge in [0.25, 0.3) is 0 Å². The molecule has 0 bridgehead atoms. The molecule has 1 aliphatic carbocycles. The number of piperidine rings is 1. The summed E-state index contributed by atoms with van der Waals surface area (Å²) in [6.45, 7) is 3.66. The molecule has 0 spiro atoms. The van der Waals surface area contributed by atoms with Crippen molar-refractivity contribution in [2.75, 3.05) is 18.8 Å². The minimum Gasteiger partial charge on any atom is -0.391 e. The van der Waals surface area contributed by atoms with Crippen molar-refractivity contribution in [3.63, 3.8) is 0 Å². The first-order valence-electron chi connectivity index (χ1n) is 7.94. The topological polar surface area (TPSA) is 69.6 Å². The highest BCUT2D eigenvalue weighted by Crippen LogP contribution is 2.26. The number of aliphatic hydroxyl groups excluding tert-OH is 1. The fourth-order valence-corrected chi connectivity index (χ4v) is 4.85. The van der Waals surface area contributed by atoms with Gasteiger partial charge in [0.05, 0.1) is 11.9 Å². The Kier molecular flexibility index (Phi) is 5.84. The summed E-state index contributed by atoms with van der Waals surface area (Å²) in [7, 11) is -3.10. The van der Waals surface area contributed by atoms with Gasteiger partial charge in [0.15, 0.2) is 0 Å². The van der Waals surface area contributed by atoms with Crippen molar-refractivity contribution in [3.05, 3.63) is 0 Å². The van der Waals surface area contributed by atoms with E-state index in [1.165, 1.54) is 6.42 Å².